The van der Waals surface area contributed by atoms with Gasteiger partial charge < -0.3 is 14.5 Å². The number of hydrogen-bond acceptors (Lipinski definition) is 5. The van der Waals surface area contributed by atoms with E-state index in [1.807, 2.05) is 13.8 Å². The van der Waals surface area contributed by atoms with Gasteiger partial charge in [-0.3, -0.25) is 4.79 Å². The molecule has 0 atom stereocenters. The highest BCUT2D eigenvalue weighted by Crippen LogP contribution is 2.30. The Morgan fingerprint density at radius 1 is 1.23 bits per heavy atom. The fraction of sp³-hybridized carbons (Fsp3) is 0.389. The second-order valence-electron chi connectivity index (χ2n) is 5.85. The minimum atomic E-state index is -3.66. The summed E-state index contributed by atoms with van der Waals surface area (Å²) in [4.78, 5) is 12.4. The lowest BCUT2D eigenvalue weighted by atomic mass is 10.2. The molecule has 0 saturated heterocycles. The first kappa shape index (κ1) is 20.0. The lowest BCUT2D eigenvalue weighted by Crippen LogP contribution is -2.30. The molecule has 0 spiro atoms. The van der Waals surface area contributed by atoms with Crippen LogP contribution in [-0.4, -0.2) is 37.8 Å². The molecule has 1 aromatic heterocycles. The van der Waals surface area contributed by atoms with Gasteiger partial charge in [-0.05, 0) is 44.2 Å². The first-order chi connectivity index (χ1) is 12.3. The van der Waals surface area contributed by atoms with Crippen LogP contribution in [0.3, 0.4) is 0 Å². The molecule has 2 aromatic rings. The highest BCUT2D eigenvalue weighted by atomic mass is 32.2. The zero-order chi connectivity index (χ0) is 19.3. The Kier molecular flexibility index (Phi) is 6.44. The van der Waals surface area contributed by atoms with E-state index in [0.29, 0.717) is 18.8 Å². The van der Waals surface area contributed by atoms with E-state index in [4.69, 9.17) is 9.15 Å². The largest absolute Gasteiger partial charge is 0.489 e. The van der Waals surface area contributed by atoms with E-state index in [0.717, 1.165) is 0 Å². The van der Waals surface area contributed by atoms with Crippen molar-refractivity contribution in [1.82, 2.24) is 4.31 Å². The van der Waals surface area contributed by atoms with Crippen LogP contribution in [0, 0.1) is 0 Å². The summed E-state index contributed by atoms with van der Waals surface area (Å²) >= 11 is 0. The molecule has 0 aliphatic rings. The highest BCUT2D eigenvalue weighted by Gasteiger charge is 2.24. The number of nitrogens with zero attached hydrogens (tertiary/aromatic N) is 1. The van der Waals surface area contributed by atoms with E-state index < -0.39 is 15.9 Å². The zero-order valence-corrected chi connectivity index (χ0v) is 16.2. The Morgan fingerprint density at radius 3 is 2.46 bits per heavy atom. The lowest BCUT2D eigenvalue weighted by molar-refractivity contribution is 0.0995. The van der Waals surface area contributed by atoms with Crippen LogP contribution in [0.4, 0.5) is 5.69 Å². The standard InChI is InChI=1S/C18H24N2O5S/c1-5-20(6-2)26(22,23)14-9-10-16(25-13(3)4)15(12-14)19-18(21)17-8-7-11-24-17/h7-13H,5-6H2,1-4H3,(H,19,21). The minimum absolute atomic E-state index is 0.0899. The fourth-order valence-corrected chi connectivity index (χ4v) is 3.91. The topological polar surface area (TPSA) is 88.9 Å². The van der Waals surface area contributed by atoms with Gasteiger partial charge in [-0.2, -0.15) is 4.31 Å². The molecule has 0 fully saturated rings. The molecular formula is C18H24N2O5S. The maximum atomic E-state index is 12.7. The number of benzene rings is 1. The molecular weight excluding hydrogens is 356 g/mol. The van der Waals surface area contributed by atoms with Crippen molar-refractivity contribution in [3.05, 3.63) is 42.4 Å². The van der Waals surface area contributed by atoms with Crippen molar-refractivity contribution in [2.24, 2.45) is 0 Å². The molecule has 0 unspecified atom stereocenters. The Bertz CT molecular complexity index is 840. The van der Waals surface area contributed by atoms with Gasteiger partial charge in [0.1, 0.15) is 5.75 Å². The van der Waals surface area contributed by atoms with Crippen molar-refractivity contribution < 1.29 is 22.4 Å². The molecule has 142 valence electrons. The number of hydrogen-bond donors (Lipinski definition) is 1. The molecule has 0 aliphatic heterocycles. The van der Waals surface area contributed by atoms with Crippen molar-refractivity contribution in [1.29, 1.82) is 0 Å². The second-order valence-corrected chi connectivity index (χ2v) is 7.78. The number of nitrogens with one attached hydrogen (secondary N) is 1. The minimum Gasteiger partial charge on any atom is -0.489 e. The molecule has 1 heterocycles. The summed E-state index contributed by atoms with van der Waals surface area (Å²) in [6.07, 6.45) is 1.25. The van der Waals surface area contributed by atoms with E-state index in [1.165, 1.54) is 28.8 Å². The predicted octanol–water partition coefficient (Wildman–Crippen LogP) is 3.35. The highest BCUT2D eigenvalue weighted by molar-refractivity contribution is 7.89. The summed E-state index contributed by atoms with van der Waals surface area (Å²) in [6.45, 7) is 7.96. The average Bonchev–Trinajstić information content (AvgIpc) is 3.11. The van der Waals surface area contributed by atoms with Crippen molar-refractivity contribution in [2.45, 2.75) is 38.7 Å². The van der Waals surface area contributed by atoms with Gasteiger partial charge in [0.2, 0.25) is 10.0 Å². The van der Waals surface area contributed by atoms with Crippen LogP contribution in [0.15, 0.2) is 45.9 Å². The molecule has 1 N–H and O–H groups in total. The first-order valence-electron chi connectivity index (χ1n) is 8.45. The van der Waals surface area contributed by atoms with E-state index in [9.17, 15) is 13.2 Å². The van der Waals surface area contributed by atoms with Gasteiger partial charge in [0.15, 0.2) is 5.76 Å². The van der Waals surface area contributed by atoms with E-state index in [-0.39, 0.29) is 22.4 Å². The Labute approximate surface area is 154 Å². The molecule has 1 aromatic carbocycles. The SMILES string of the molecule is CCN(CC)S(=O)(=O)c1ccc(OC(C)C)c(NC(=O)c2ccco2)c1. The number of sulfonamides is 1. The van der Waals surface area contributed by atoms with Crippen LogP contribution in [0.25, 0.3) is 0 Å². The summed E-state index contributed by atoms with van der Waals surface area (Å²) < 4.78 is 37.6. The third kappa shape index (κ3) is 4.44. The number of anilines is 1. The molecule has 0 saturated carbocycles. The van der Waals surface area contributed by atoms with Crippen molar-refractivity contribution in [3.63, 3.8) is 0 Å². The number of amides is 1. The summed E-state index contributed by atoms with van der Waals surface area (Å²) in [5.41, 5.74) is 0.272. The summed E-state index contributed by atoms with van der Waals surface area (Å²) in [5, 5.41) is 2.67. The van der Waals surface area contributed by atoms with Crippen LogP contribution in [-0.2, 0) is 10.0 Å². The molecule has 1 amide bonds. The van der Waals surface area contributed by atoms with E-state index in [2.05, 4.69) is 5.32 Å². The number of carbonyl (C=O) groups excluding carboxylic acids is 1. The summed E-state index contributed by atoms with van der Waals surface area (Å²) in [5.74, 6) is 0.0249. The fourth-order valence-electron chi connectivity index (χ4n) is 2.43. The smallest absolute Gasteiger partial charge is 0.291 e. The van der Waals surface area contributed by atoms with E-state index >= 15 is 0 Å². The van der Waals surface area contributed by atoms with Gasteiger partial charge in [0, 0.05) is 13.1 Å². The lowest BCUT2D eigenvalue weighted by Gasteiger charge is -2.20. The summed E-state index contributed by atoms with van der Waals surface area (Å²) in [7, 11) is -3.66. The van der Waals surface area contributed by atoms with Crippen LogP contribution < -0.4 is 10.1 Å². The first-order valence-corrected chi connectivity index (χ1v) is 9.89. The molecule has 0 aliphatic carbocycles. The van der Waals surface area contributed by atoms with E-state index in [1.54, 1.807) is 26.0 Å². The number of carbonyl (C=O) groups is 1. The van der Waals surface area contributed by atoms with Gasteiger partial charge in [-0.25, -0.2) is 8.42 Å². The van der Waals surface area contributed by atoms with Crippen LogP contribution in [0.5, 0.6) is 5.75 Å². The van der Waals surface area contributed by atoms with Crippen molar-refractivity contribution in [3.8, 4) is 5.75 Å². The van der Waals surface area contributed by atoms with Crippen molar-refractivity contribution >= 4 is 21.6 Å². The van der Waals surface area contributed by atoms with Crippen LogP contribution in [0.1, 0.15) is 38.2 Å². The molecule has 2 rings (SSSR count). The molecule has 0 bridgehead atoms. The maximum absolute atomic E-state index is 12.7. The number of rotatable bonds is 8. The molecule has 26 heavy (non-hydrogen) atoms. The normalized spacial score (nSPS) is 11.8. The maximum Gasteiger partial charge on any atom is 0.291 e. The monoisotopic (exact) mass is 380 g/mol. The predicted molar refractivity (Wildman–Crippen MR) is 99.0 cm³/mol. The van der Waals surface area contributed by atoms with Gasteiger partial charge >= 0.3 is 0 Å². The molecule has 8 heteroatoms. The molecule has 0 radical (unpaired) electrons. The van der Waals surface area contributed by atoms with Gasteiger partial charge in [0.05, 0.1) is 22.9 Å². The van der Waals surface area contributed by atoms with Gasteiger partial charge in [-0.15, -0.1) is 0 Å². The third-order valence-corrected chi connectivity index (χ3v) is 5.70. The van der Waals surface area contributed by atoms with Crippen LogP contribution >= 0.6 is 0 Å². The zero-order valence-electron chi connectivity index (χ0n) is 15.4. The Balaban J connectivity index is 2.43. The van der Waals surface area contributed by atoms with Crippen molar-refractivity contribution in [2.75, 3.05) is 18.4 Å². The summed E-state index contributed by atoms with van der Waals surface area (Å²) in [6, 6.07) is 7.56. The number of furan rings is 1. The second kappa shape index (κ2) is 8.37. The molecule has 7 nitrogen and oxygen atoms in total. The van der Waals surface area contributed by atoms with Crippen LogP contribution in [0.2, 0.25) is 0 Å². The number of ether oxygens (including phenoxy) is 1. The third-order valence-electron chi connectivity index (χ3n) is 3.65. The Hall–Kier alpha value is -2.32. The van der Waals surface area contributed by atoms with Gasteiger partial charge in [-0.1, -0.05) is 13.8 Å². The average molecular weight is 380 g/mol. The quantitative estimate of drug-likeness (QED) is 0.759. The Morgan fingerprint density at radius 2 is 1.92 bits per heavy atom. The van der Waals surface area contributed by atoms with Gasteiger partial charge in [0.25, 0.3) is 5.91 Å².